The van der Waals surface area contributed by atoms with Crippen molar-refractivity contribution in [3.05, 3.63) is 29.2 Å². The fourth-order valence-corrected chi connectivity index (χ4v) is 2.54. The molecule has 1 amide bonds. The first-order valence-corrected chi connectivity index (χ1v) is 6.68. The van der Waals surface area contributed by atoms with Crippen LogP contribution in [-0.4, -0.2) is 37.3 Å². The van der Waals surface area contributed by atoms with E-state index in [9.17, 15) is 4.79 Å². The third-order valence-electron chi connectivity index (χ3n) is 3.69. The van der Waals surface area contributed by atoms with Gasteiger partial charge >= 0.3 is 0 Å². The summed E-state index contributed by atoms with van der Waals surface area (Å²) >= 11 is 0. The molecule has 0 unspecified atom stereocenters. The molecule has 20 heavy (non-hydrogen) atoms. The Morgan fingerprint density at radius 2 is 2.25 bits per heavy atom. The van der Waals surface area contributed by atoms with Gasteiger partial charge in [0.1, 0.15) is 0 Å². The molecule has 1 aliphatic rings. The minimum absolute atomic E-state index is 0.0707. The normalized spacial score (nSPS) is 18.8. The molecule has 1 aliphatic heterocycles. The summed E-state index contributed by atoms with van der Waals surface area (Å²) in [6.45, 7) is 4.38. The molecule has 106 valence electrons. The van der Waals surface area contributed by atoms with Gasteiger partial charge in [0.15, 0.2) is 11.5 Å². The van der Waals surface area contributed by atoms with Gasteiger partial charge in [0, 0.05) is 26.2 Å². The van der Waals surface area contributed by atoms with Crippen LogP contribution in [0.1, 0.15) is 46.8 Å². The topological polar surface area (TPSA) is 77.1 Å². The molecule has 0 aromatic carbocycles. The van der Waals surface area contributed by atoms with Gasteiger partial charge in [-0.25, -0.2) is 0 Å². The molecule has 0 bridgehead atoms. The van der Waals surface area contributed by atoms with Gasteiger partial charge in [0.2, 0.25) is 5.89 Å². The SMILES string of the molecule is Cc1nc([C@@H]2CCCN2C(=O)c2cc(C)n(C)n2)no1. The molecule has 0 aliphatic carbocycles. The molecule has 7 heteroatoms. The average Bonchev–Trinajstić information content (AvgIpc) is 3.10. The summed E-state index contributed by atoms with van der Waals surface area (Å²) in [5.74, 6) is 1.03. The van der Waals surface area contributed by atoms with Crippen LogP contribution in [0.15, 0.2) is 10.6 Å². The lowest BCUT2D eigenvalue weighted by molar-refractivity contribution is 0.0721. The van der Waals surface area contributed by atoms with Crippen LogP contribution in [0.3, 0.4) is 0 Å². The summed E-state index contributed by atoms with van der Waals surface area (Å²) in [4.78, 5) is 18.6. The second-order valence-electron chi connectivity index (χ2n) is 5.12. The quantitative estimate of drug-likeness (QED) is 0.828. The highest BCUT2D eigenvalue weighted by molar-refractivity contribution is 5.92. The zero-order chi connectivity index (χ0) is 14.3. The molecule has 0 spiro atoms. The van der Waals surface area contributed by atoms with Crippen molar-refractivity contribution in [2.75, 3.05) is 6.54 Å². The van der Waals surface area contributed by atoms with Crippen molar-refractivity contribution in [2.24, 2.45) is 7.05 Å². The van der Waals surface area contributed by atoms with E-state index in [4.69, 9.17) is 4.52 Å². The van der Waals surface area contributed by atoms with Crippen LogP contribution >= 0.6 is 0 Å². The van der Waals surface area contributed by atoms with Crippen LogP contribution in [0.2, 0.25) is 0 Å². The van der Waals surface area contributed by atoms with Crippen molar-refractivity contribution < 1.29 is 9.32 Å². The molecule has 3 heterocycles. The standard InChI is InChI=1S/C13H17N5O2/c1-8-7-10(15-17(8)3)13(19)18-6-4-5-11(18)12-14-9(2)20-16-12/h7,11H,4-6H2,1-3H3/t11-/m0/s1. The van der Waals surface area contributed by atoms with Gasteiger partial charge in [0.25, 0.3) is 5.91 Å². The van der Waals surface area contributed by atoms with Crippen LogP contribution in [-0.2, 0) is 7.05 Å². The molecule has 2 aromatic heterocycles. The second kappa shape index (κ2) is 4.73. The average molecular weight is 275 g/mol. The van der Waals surface area contributed by atoms with Crippen molar-refractivity contribution in [1.82, 2.24) is 24.8 Å². The van der Waals surface area contributed by atoms with Gasteiger partial charge in [-0.05, 0) is 25.8 Å². The number of likely N-dealkylation sites (tertiary alicyclic amines) is 1. The summed E-state index contributed by atoms with van der Waals surface area (Å²) in [7, 11) is 1.83. The Labute approximate surface area is 116 Å². The van der Waals surface area contributed by atoms with Crippen LogP contribution in [0.5, 0.6) is 0 Å². The van der Waals surface area contributed by atoms with Crippen LogP contribution in [0.25, 0.3) is 0 Å². The molecule has 3 rings (SSSR count). The number of carbonyl (C=O) groups is 1. The molecular weight excluding hydrogens is 258 g/mol. The molecule has 0 saturated carbocycles. The Morgan fingerprint density at radius 3 is 2.85 bits per heavy atom. The first-order chi connectivity index (χ1) is 9.56. The smallest absolute Gasteiger partial charge is 0.274 e. The first-order valence-electron chi connectivity index (χ1n) is 6.68. The number of hydrogen-bond donors (Lipinski definition) is 0. The van der Waals surface area contributed by atoms with Gasteiger partial charge in [0.05, 0.1) is 6.04 Å². The van der Waals surface area contributed by atoms with Gasteiger partial charge in [-0.15, -0.1) is 0 Å². The number of nitrogens with zero attached hydrogens (tertiary/aromatic N) is 5. The Hall–Kier alpha value is -2.18. The van der Waals surface area contributed by atoms with Crippen LogP contribution in [0, 0.1) is 13.8 Å². The maximum absolute atomic E-state index is 12.6. The molecule has 7 nitrogen and oxygen atoms in total. The predicted octanol–water partition coefficient (Wildman–Crippen LogP) is 1.40. The molecule has 1 atom stereocenters. The lowest BCUT2D eigenvalue weighted by Crippen LogP contribution is -2.31. The maximum atomic E-state index is 12.6. The molecule has 1 fully saturated rings. The first kappa shape index (κ1) is 12.8. The second-order valence-corrected chi connectivity index (χ2v) is 5.12. The number of amides is 1. The Morgan fingerprint density at radius 1 is 1.45 bits per heavy atom. The van der Waals surface area contributed by atoms with E-state index >= 15 is 0 Å². The highest BCUT2D eigenvalue weighted by atomic mass is 16.5. The van der Waals surface area contributed by atoms with Gasteiger partial charge in [-0.2, -0.15) is 10.1 Å². The van der Waals surface area contributed by atoms with E-state index in [2.05, 4.69) is 15.2 Å². The zero-order valence-corrected chi connectivity index (χ0v) is 11.8. The van der Waals surface area contributed by atoms with E-state index in [0.717, 1.165) is 18.5 Å². The van der Waals surface area contributed by atoms with E-state index < -0.39 is 0 Å². The third kappa shape index (κ3) is 2.09. The summed E-state index contributed by atoms with van der Waals surface area (Å²) in [6.07, 6.45) is 1.80. The van der Waals surface area contributed by atoms with Gasteiger partial charge < -0.3 is 9.42 Å². The van der Waals surface area contributed by atoms with Crippen molar-refractivity contribution >= 4 is 5.91 Å². The van der Waals surface area contributed by atoms with Crippen molar-refractivity contribution in [2.45, 2.75) is 32.7 Å². The maximum Gasteiger partial charge on any atom is 0.274 e. The lowest BCUT2D eigenvalue weighted by atomic mass is 10.2. The van der Waals surface area contributed by atoms with Crippen molar-refractivity contribution in [1.29, 1.82) is 0 Å². The summed E-state index contributed by atoms with van der Waals surface area (Å²) in [6, 6.07) is 1.70. The molecule has 0 radical (unpaired) electrons. The fraction of sp³-hybridized carbons (Fsp3) is 0.538. The van der Waals surface area contributed by atoms with Crippen LogP contribution in [0.4, 0.5) is 0 Å². The third-order valence-corrected chi connectivity index (χ3v) is 3.69. The largest absolute Gasteiger partial charge is 0.340 e. The molecular formula is C13H17N5O2. The Balaban J connectivity index is 1.86. The molecule has 1 saturated heterocycles. The number of hydrogen-bond acceptors (Lipinski definition) is 5. The number of aryl methyl sites for hydroxylation is 3. The van der Waals surface area contributed by atoms with Gasteiger partial charge in [-0.1, -0.05) is 5.16 Å². The lowest BCUT2D eigenvalue weighted by Gasteiger charge is -2.20. The highest BCUT2D eigenvalue weighted by Gasteiger charge is 2.34. The number of carbonyl (C=O) groups excluding carboxylic acids is 1. The van der Waals surface area contributed by atoms with E-state index in [1.165, 1.54) is 0 Å². The predicted molar refractivity (Wildman–Crippen MR) is 70.0 cm³/mol. The van der Waals surface area contributed by atoms with Crippen LogP contribution < -0.4 is 0 Å². The zero-order valence-electron chi connectivity index (χ0n) is 11.8. The van der Waals surface area contributed by atoms with Gasteiger partial charge in [-0.3, -0.25) is 9.48 Å². The Bertz CT molecular complexity index is 625. The number of rotatable bonds is 2. The Kier molecular flexibility index (Phi) is 3.04. The fourth-order valence-electron chi connectivity index (χ4n) is 2.54. The van der Waals surface area contributed by atoms with E-state index in [0.29, 0.717) is 24.0 Å². The highest BCUT2D eigenvalue weighted by Crippen LogP contribution is 2.31. The van der Waals surface area contributed by atoms with E-state index in [-0.39, 0.29) is 11.9 Å². The number of aromatic nitrogens is 4. The minimum atomic E-state index is -0.109. The summed E-state index contributed by atoms with van der Waals surface area (Å²) in [5.41, 5.74) is 1.43. The molecule has 0 N–H and O–H groups in total. The van der Waals surface area contributed by atoms with E-state index in [1.807, 2.05) is 14.0 Å². The molecule has 2 aromatic rings. The van der Waals surface area contributed by atoms with Crippen molar-refractivity contribution in [3.8, 4) is 0 Å². The minimum Gasteiger partial charge on any atom is -0.340 e. The monoisotopic (exact) mass is 275 g/mol. The van der Waals surface area contributed by atoms with E-state index in [1.54, 1.807) is 22.6 Å². The van der Waals surface area contributed by atoms with Crippen molar-refractivity contribution in [3.63, 3.8) is 0 Å². The summed E-state index contributed by atoms with van der Waals surface area (Å²) < 4.78 is 6.72. The summed E-state index contributed by atoms with van der Waals surface area (Å²) in [5, 5.41) is 8.19.